The van der Waals surface area contributed by atoms with Gasteiger partial charge in [-0.1, -0.05) is 0 Å². The Morgan fingerprint density at radius 3 is 2.33 bits per heavy atom. The van der Waals surface area contributed by atoms with Gasteiger partial charge in [0.2, 0.25) is 0 Å². The Hall–Kier alpha value is 3.81. The van der Waals surface area contributed by atoms with Gasteiger partial charge in [-0.3, -0.25) is 0 Å². The summed E-state index contributed by atoms with van der Waals surface area (Å²) in [4.78, 5) is 21.7. The van der Waals surface area contributed by atoms with Crippen molar-refractivity contribution in [3.05, 3.63) is 0 Å². The molecule has 1 aliphatic heterocycles. The Bertz CT molecular complexity index is 342. The zero-order valence-corrected chi connectivity index (χ0v) is 21.0. The third-order valence-electron chi connectivity index (χ3n) is 2.89. The van der Waals surface area contributed by atoms with Crippen molar-refractivity contribution >= 4 is 31.4 Å². The Balaban J connectivity index is 3.07. The summed E-state index contributed by atoms with van der Waals surface area (Å²) in [5.74, 6) is 0. The molecule has 0 unspecified atom stereocenters. The van der Waals surface area contributed by atoms with E-state index in [1.54, 1.807) is 0 Å². The molecule has 0 aromatic carbocycles. The van der Waals surface area contributed by atoms with Gasteiger partial charge in [-0.2, -0.15) is 0 Å². The standard InChI is InChI=1S/2C2H5.2CH3NO.2ClH.6Ti/c2*1-2;2*2-1-3;;;;;;;;/h2*1H2,2H3;2*1H,(H2,2,3);2*1H;;;;;;/q;;;;;;;;;;+1;+3/p-4. The fourth-order valence-electron chi connectivity index (χ4n) is 1.88. The van der Waals surface area contributed by atoms with Gasteiger partial charge in [-0.25, -0.2) is 0 Å². The van der Waals surface area contributed by atoms with Gasteiger partial charge in [0.25, 0.3) is 0 Å². The maximum absolute atomic E-state index is 10.9. The monoisotopic (exact) mass is 504 g/mol. The molecule has 0 radical (unpaired) electrons. The average Bonchev–Trinajstić information content (AvgIpc) is 2.27. The second-order valence-electron chi connectivity index (χ2n) is 4.08. The van der Waals surface area contributed by atoms with Crippen LogP contribution in [-0.4, -0.2) is 12.8 Å². The van der Waals surface area contributed by atoms with Crippen LogP contribution < -0.4 is 7.60 Å². The van der Waals surface area contributed by atoms with Crippen molar-refractivity contribution in [3.63, 3.8) is 0 Å². The van der Waals surface area contributed by atoms with Crippen LogP contribution in [0, 0.1) is 0 Å². The number of amides is 2. The average molecular weight is 504 g/mol. The summed E-state index contributed by atoms with van der Waals surface area (Å²) >= 11 is -2.15. The van der Waals surface area contributed by atoms with Crippen LogP contribution in [-0.2, 0) is 76.7 Å². The third-order valence-corrected chi connectivity index (χ3v) is 211. The second-order valence-corrected chi connectivity index (χ2v) is 103. The summed E-state index contributed by atoms with van der Waals surface area (Å²) < 4.78 is 8.70. The molecule has 1 saturated heterocycles. The van der Waals surface area contributed by atoms with Crippen LogP contribution in [0.1, 0.15) is 13.8 Å². The van der Waals surface area contributed by atoms with E-state index in [1.807, 2.05) is 0 Å². The molecule has 0 bridgehead atoms. The fourth-order valence-corrected chi connectivity index (χ4v) is 484. The minimum absolute atomic E-state index is 0.0814. The van der Waals surface area contributed by atoms with E-state index in [0.29, 0.717) is 0 Å². The van der Waals surface area contributed by atoms with Gasteiger partial charge in [0.1, 0.15) is 0 Å². The van der Waals surface area contributed by atoms with Gasteiger partial charge < -0.3 is 0 Å². The van der Waals surface area contributed by atoms with Crippen LogP contribution in [0.15, 0.2) is 0 Å². The van der Waals surface area contributed by atoms with Crippen molar-refractivity contribution < 1.29 is 76.7 Å². The van der Waals surface area contributed by atoms with Crippen molar-refractivity contribution in [1.82, 2.24) is 7.60 Å². The molecule has 0 saturated carbocycles. The first kappa shape index (κ1) is 19.9. The summed E-state index contributed by atoms with van der Waals surface area (Å²) in [7, 11) is 8.37. The molecule has 0 atom stereocenters. The van der Waals surface area contributed by atoms with Gasteiger partial charge in [0.15, 0.2) is 0 Å². The molecule has 0 spiro atoms. The van der Waals surface area contributed by atoms with Crippen LogP contribution in [0.4, 0.5) is 0 Å². The molecular formula is C6H14Cl2N2O2Ti6. The van der Waals surface area contributed by atoms with Crippen molar-refractivity contribution in [2.45, 2.75) is 23.3 Å². The van der Waals surface area contributed by atoms with E-state index in [4.69, 9.17) is 18.6 Å². The van der Waals surface area contributed by atoms with E-state index >= 15 is 0 Å². The van der Waals surface area contributed by atoms with Crippen molar-refractivity contribution in [3.8, 4) is 0 Å². The van der Waals surface area contributed by atoms with E-state index in [0.717, 1.165) is 12.8 Å². The van der Waals surface area contributed by atoms with Gasteiger partial charge in [0.05, 0.1) is 0 Å². The van der Waals surface area contributed by atoms with E-state index in [2.05, 4.69) is 21.4 Å². The van der Waals surface area contributed by atoms with Crippen molar-refractivity contribution in [1.29, 1.82) is 0 Å². The van der Waals surface area contributed by atoms with Gasteiger partial charge >= 0.3 is 139 Å². The number of rotatable bonds is 6. The topological polar surface area (TPSA) is 58.2 Å². The molecule has 1 fully saturated rings. The zero-order valence-electron chi connectivity index (χ0n) is 10.1. The van der Waals surface area contributed by atoms with E-state index in [1.165, 1.54) is 9.45 Å². The van der Waals surface area contributed by atoms with E-state index in [-0.39, 0.29) is 25.5 Å². The van der Waals surface area contributed by atoms with Crippen LogP contribution in [0.3, 0.4) is 0 Å². The van der Waals surface area contributed by atoms with E-state index < -0.39 is 41.7 Å². The van der Waals surface area contributed by atoms with Crippen molar-refractivity contribution in [2.24, 2.45) is 0 Å². The number of nitrogens with one attached hydrogen (secondary N) is 2. The first-order chi connectivity index (χ1) is 8.31. The van der Waals surface area contributed by atoms with Gasteiger partial charge in [-0.15, -0.1) is 0 Å². The molecule has 1 rings (SSSR count). The molecule has 2 N–H and O–H groups in total. The summed E-state index contributed by atoms with van der Waals surface area (Å²) in [6, 6.07) is 0. The maximum atomic E-state index is 10.9. The Morgan fingerprint density at radius 2 is 1.89 bits per heavy atom. The number of carbonyl (C=O) groups is 2. The number of carbonyl (C=O) groups excluding carboxylic acids is 2. The molecule has 98 valence electrons. The van der Waals surface area contributed by atoms with Crippen LogP contribution in [0.5, 0.6) is 0 Å². The number of hydrogen-bond acceptors (Lipinski definition) is 2. The molecule has 0 aliphatic carbocycles. The summed E-state index contributed by atoms with van der Waals surface area (Å²) in [6.07, 6.45) is 1.61. The normalized spacial score (nSPS) is 25.1. The van der Waals surface area contributed by atoms with Gasteiger partial charge in [-0.05, 0) is 0 Å². The summed E-state index contributed by atoms with van der Waals surface area (Å²) in [5.41, 5.74) is 0. The van der Waals surface area contributed by atoms with Crippen LogP contribution in [0.25, 0.3) is 0 Å². The number of hydrogen-bond donors (Lipinski definition) is 2. The molecular weight excluding hydrogens is 490 g/mol. The summed E-state index contributed by atoms with van der Waals surface area (Å²) in [5, 5.41) is 0. The van der Waals surface area contributed by atoms with Crippen LogP contribution in [0.2, 0.25) is 9.45 Å². The quantitative estimate of drug-likeness (QED) is 0.428. The zero-order chi connectivity index (χ0) is 13.9. The van der Waals surface area contributed by atoms with Crippen LogP contribution >= 0.6 is 18.6 Å². The third kappa shape index (κ3) is 5.46. The van der Waals surface area contributed by atoms with Gasteiger partial charge in [0, 0.05) is 0 Å². The fraction of sp³-hybridized carbons (Fsp3) is 0.667. The first-order valence-electron chi connectivity index (χ1n) is 5.55. The van der Waals surface area contributed by atoms with E-state index in [9.17, 15) is 9.59 Å². The molecule has 1 heterocycles. The molecule has 0 aromatic heterocycles. The minimum atomic E-state index is -3.59. The first-order valence-corrected chi connectivity index (χ1v) is 37.6. The van der Waals surface area contributed by atoms with Crippen molar-refractivity contribution in [2.75, 3.05) is 0 Å². The second kappa shape index (κ2) is 8.07. The predicted molar refractivity (Wildman–Crippen MR) is 51.1 cm³/mol. The molecule has 0 aromatic rings. The Kier molecular flexibility index (Phi) is 8.90. The number of halogens is 2. The molecule has 4 nitrogen and oxygen atoms in total. The SMILES string of the molecule is C[CH2][Ti]1([CH2]C)[Ti][Ti]([NH]C=O)[Ti][Ti]([Cl])([Cl])([NH]C=O)[Ti]1. The molecule has 1 aliphatic rings. The molecule has 18 heavy (non-hydrogen) atoms. The Morgan fingerprint density at radius 1 is 1.28 bits per heavy atom. The molecule has 2 amide bonds. The molecule has 12 heteroatoms. The predicted octanol–water partition coefficient (Wildman–Crippen LogP) is 1.71. The summed E-state index contributed by atoms with van der Waals surface area (Å²) in [6.45, 7) is 4.58. The Labute approximate surface area is 135 Å².